The maximum atomic E-state index is 12.1. The number of fused-ring (bicyclic) bond motifs is 1. The highest BCUT2D eigenvalue weighted by atomic mass is 16.7. The van der Waals surface area contributed by atoms with Crippen LogP contribution >= 0.6 is 0 Å². The third-order valence-corrected chi connectivity index (χ3v) is 4.18. The van der Waals surface area contributed by atoms with E-state index in [2.05, 4.69) is 19.1 Å². The van der Waals surface area contributed by atoms with Gasteiger partial charge in [0.15, 0.2) is 17.3 Å². The molecule has 1 aliphatic heterocycles. The fourth-order valence-corrected chi connectivity index (χ4v) is 2.70. The van der Waals surface area contributed by atoms with Gasteiger partial charge in [-0.15, -0.1) is 0 Å². The van der Waals surface area contributed by atoms with Crippen molar-refractivity contribution in [2.24, 2.45) is 11.8 Å². The second-order valence-electron chi connectivity index (χ2n) is 5.69. The number of ether oxygens (including phenoxy) is 3. The van der Waals surface area contributed by atoms with Crippen molar-refractivity contribution in [1.29, 1.82) is 0 Å². The van der Waals surface area contributed by atoms with E-state index in [0.29, 0.717) is 35.5 Å². The second kappa shape index (κ2) is 6.31. The van der Waals surface area contributed by atoms with E-state index in [-0.39, 0.29) is 19.2 Å². The first-order valence-electron chi connectivity index (χ1n) is 7.39. The summed E-state index contributed by atoms with van der Waals surface area (Å²) in [4.78, 5) is 12.1. The van der Waals surface area contributed by atoms with Crippen LogP contribution in [-0.2, 0) is 4.74 Å². The van der Waals surface area contributed by atoms with Crippen LogP contribution in [-0.4, -0.2) is 25.8 Å². The smallest absolute Gasteiger partial charge is 0.231 e. The summed E-state index contributed by atoms with van der Waals surface area (Å²) in [6.45, 7) is 3.21. The van der Waals surface area contributed by atoms with Crippen LogP contribution in [0.25, 0.3) is 0 Å². The molecule has 0 saturated heterocycles. The minimum Gasteiger partial charge on any atom is -0.454 e. The summed E-state index contributed by atoms with van der Waals surface area (Å²) < 4.78 is 16.1. The Kier molecular flexibility index (Phi) is 4.25. The zero-order chi connectivity index (χ0) is 14.7. The summed E-state index contributed by atoms with van der Waals surface area (Å²) in [5.74, 6) is 2.43. The Morgan fingerprint density at radius 2 is 2.05 bits per heavy atom. The van der Waals surface area contributed by atoms with Crippen LogP contribution in [0.2, 0.25) is 0 Å². The molecule has 1 aromatic carbocycles. The fraction of sp³-hybridized carbons (Fsp3) is 0.471. The molecule has 0 aromatic heterocycles. The van der Waals surface area contributed by atoms with E-state index in [1.807, 2.05) is 0 Å². The minimum absolute atomic E-state index is 0.0210. The lowest BCUT2D eigenvalue weighted by Gasteiger charge is -2.24. The van der Waals surface area contributed by atoms with Gasteiger partial charge in [-0.3, -0.25) is 4.79 Å². The lowest BCUT2D eigenvalue weighted by Crippen LogP contribution is -2.21. The number of Topliss-reactive ketones (excluding diaryl/α,β-unsaturated/α-hetero) is 1. The van der Waals surface area contributed by atoms with Gasteiger partial charge in [-0.05, 0) is 42.9 Å². The van der Waals surface area contributed by atoms with Crippen LogP contribution in [0, 0.1) is 11.8 Å². The molecule has 2 unspecified atom stereocenters. The number of allylic oxidation sites excluding steroid dienone is 2. The molecule has 21 heavy (non-hydrogen) atoms. The van der Waals surface area contributed by atoms with Gasteiger partial charge in [0.05, 0.1) is 6.61 Å². The number of carbonyl (C=O) groups excluding carboxylic acids is 1. The highest BCUT2D eigenvalue weighted by Crippen LogP contribution is 2.32. The number of hydrogen-bond donors (Lipinski definition) is 0. The van der Waals surface area contributed by atoms with E-state index >= 15 is 0 Å². The van der Waals surface area contributed by atoms with Gasteiger partial charge in [0, 0.05) is 5.56 Å². The first-order chi connectivity index (χ1) is 10.2. The molecule has 3 rings (SSSR count). The van der Waals surface area contributed by atoms with Crippen molar-refractivity contribution in [2.45, 2.75) is 19.8 Å². The average Bonchev–Trinajstić information content (AvgIpc) is 2.96. The van der Waals surface area contributed by atoms with E-state index in [9.17, 15) is 4.79 Å². The van der Waals surface area contributed by atoms with Gasteiger partial charge in [-0.2, -0.15) is 0 Å². The Morgan fingerprint density at radius 1 is 1.24 bits per heavy atom. The Balaban J connectivity index is 1.51. The van der Waals surface area contributed by atoms with Crippen LogP contribution in [0.4, 0.5) is 0 Å². The molecule has 0 amide bonds. The van der Waals surface area contributed by atoms with Crippen molar-refractivity contribution in [3.8, 4) is 11.5 Å². The van der Waals surface area contributed by atoms with Crippen molar-refractivity contribution >= 4 is 5.78 Å². The third kappa shape index (κ3) is 3.27. The van der Waals surface area contributed by atoms with E-state index in [1.54, 1.807) is 18.2 Å². The highest BCUT2D eigenvalue weighted by molar-refractivity contribution is 5.97. The van der Waals surface area contributed by atoms with Crippen LogP contribution in [0.5, 0.6) is 11.5 Å². The van der Waals surface area contributed by atoms with E-state index < -0.39 is 0 Å². The summed E-state index contributed by atoms with van der Waals surface area (Å²) in [5.41, 5.74) is 0.607. The van der Waals surface area contributed by atoms with Crippen molar-refractivity contribution in [3.05, 3.63) is 35.9 Å². The van der Waals surface area contributed by atoms with Crippen LogP contribution < -0.4 is 9.47 Å². The van der Waals surface area contributed by atoms with Gasteiger partial charge in [0.1, 0.15) is 6.61 Å². The zero-order valence-electron chi connectivity index (χ0n) is 12.2. The highest BCUT2D eigenvalue weighted by Gasteiger charge is 2.20. The first kappa shape index (κ1) is 14.1. The van der Waals surface area contributed by atoms with Crippen LogP contribution in [0.3, 0.4) is 0 Å². The summed E-state index contributed by atoms with van der Waals surface area (Å²) in [5, 5.41) is 0. The molecule has 1 aromatic rings. The van der Waals surface area contributed by atoms with Crippen LogP contribution in [0.1, 0.15) is 30.1 Å². The molecule has 2 aliphatic rings. The quantitative estimate of drug-likeness (QED) is 0.616. The lowest BCUT2D eigenvalue weighted by atomic mass is 9.85. The number of carbonyl (C=O) groups is 1. The zero-order valence-corrected chi connectivity index (χ0v) is 12.2. The molecular formula is C17H20O4. The maximum Gasteiger partial charge on any atom is 0.231 e. The normalized spacial score (nSPS) is 23.3. The SMILES string of the molecule is CC1CC=CCC1COCC(=O)c1ccc2c(c1)OCO2. The van der Waals surface area contributed by atoms with Crippen molar-refractivity contribution in [2.75, 3.05) is 20.0 Å². The largest absolute Gasteiger partial charge is 0.454 e. The lowest BCUT2D eigenvalue weighted by molar-refractivity contribution is 0.0602. The first-order valence-corrected chi connectivity index (χ1v) is 7.39. The minimum atomic E-state index is -0.0210. The monoisotopic (exact) mass is 288 g/mol. The summed E-state index contributed by atoms with van der Waals surface area (Å²) in [6, 6.07) is 5.24. The molecule has 2 atom stereocenters. The predicted octanol–water partition coefficient (Wildman–Crippen LogP) is 3.22. The van der Waals surface area contributed by atoms with E-state index in [0.717, 1.165) is 12.8 Å². The standard InChI is InChI=1S/C17H20O4/c1-12-4-2-3-5-14(12)9-19-10-15(18)13-6-7-16-17(8-13)21-11-20-16/h2-3,6-8,12,14H,4-5,9-11H2,1H3. The number of hydrogen-bond acceptors (Lipinski definition) is 4. The molecule has 0 spiro atoms. The van der Waals surface area contributed by atoms with Crippen molar-refractivity contribution < 1.29 is 19.0 Å². The molecule has 0 bridgehead atoms. The van der Waals surface area contributed by atoms with Gasteiger partial charge in [-0.25, -0.2) is 0 Å². The number of rotatable bonds is 5. The fourth-order valence-electron chi connectivity index (χ4n) is 2.70. The average molecular weight is 288 g/mol. The van der Waals surface area contributed by atoms with Crippen molar-refractivity contribution in [1.82, 2.24) is 0 Å². The van der Waals surface area contributed by atoms with Gasteiger partial charge >= 0.3 is 0 Å². The molecule has 4 nitrogen and oxygen atoms in total. The molecule has 0 saturated carbocycles. The van der Waals surface area contributed by atoms with Gasteiger partial charge in [0.25, 0.3) is 0 Å². The summed E-state index contributed by atoms with van der Waals surface area (Å²) in [7, 11) is 0. The maximum absolute atomic E-state index is 12.1. The molecule has 0 radical (unpaired) electrons. The Morgan fingerprint density at radius 3 is 2.90 bits per heavy atom. The van der Waals surface area contributed by atoms with Crippen molar-refractivity contribution in [3.63, 3.8) is 0 Å². The molecule has 1 heterocycles. The number of ketones is 1. The molecule has 0 fully saturated rings. The molecule has 4 heteroatoms. The predicted molar refractivity (Wildman–Crippen MR) is 78.7 cm³/mol. The Labute approximate surface area is 124 Å². The summed E-state index contributed by atoms with van der Waals surface area (Å²) in [6.07, 6.45) is 6.57. The molecule has 112 valence electrons. The Bertz CT molecular complexity index is 550. The van der Waals surface area contributed by atoms with Gasteiger partial charge in [-0.1, -0.05) is 19.1 Å². The molecule has 1 aliphatic carbocycles. The van der Waals surface area contributed by atoms with E-state index in [1.165, 1.54) is 0 Å². The third-order valence-electron chi connectivity index (χ3n) is 4.18. The van der Waals surface area contributed by atoms with E-state index in [4.69, 9.17) is 14.2 Å². The van der Waals surface area contributed by atoms with Gasteiger partial charge in [0.2, 0.25) is 6.79 Å². The molecular weight excluding hydrogens is 268 g/mol. The number of benzene rings is 1. The van der Waals surface area contributed by atoms with Gasteiger partial charge < -0.3 is 14.2 Å². The summed E-state index contributed by atoms with van der Waals surface area (Å²) >= 11 is 0. The second-order valence-corrected chi connectivity index (χ2v) is 5.69. The molecule has 0 N–H and O–H groups in total. The topological polar surface area (TPSA) is 44.8 Å². The Hall–Kier alpha value is -1.81. The van der Waals surface area contributed by atoms with Crippen LogP contribution in [0.15, 0.2) is 30.4 Å².